The lowest BCUT2D eigenvalue weighted by molar-refractivity contribution is 0.626. The van der Waals surface area contributed by atoms with Gasteiger partial charge in [-0.15, -0.1) is 11.3 Å². The van der Waals surface area contributed by atoms with Crippen LogP contribution in [0.4, 0.5) is 4.39 Å². The molecule has 0 fully saturated rings. The molecule has 1 aromatic heterocycles. The molecule has 6 heteroatoms. The average molecular weight is 308 g/mol. The first kappa shape index (κ1) is 13.3. The van der Waals surface area contributed by atoms with Gasteiger partial charge in [-0.1, -0.05) is 17.7 Å². The Kier molecular flexibility index (Phi) is 3.54. The fourth-order valence-electron chi connectivity index (χ4n) is 2.02. The molecule has 2 heterocycles. The van der Waals surface area contributed by atoms with E-state index in [1.54, 1.807) is 12.3 Å². The maximum absolute atomic E-state index is 13.1. The van der Waals surface area contributed by atoms with Gasteiger partial charge in [0.15, 0.2) is 10.8 Å². The van der Waals surface area contributed by atoms with Crippen molar-refractivity contribution in [1.82, 2.24) is 10.3 Å². The number of benzene rings is 1. The first-order chi connectivity index (χ1) is 9.63. The van der Waals surface area contributed by atoms with Crippen LogP contribution in [0, 0.1) is 5.82 Å². The summed E-state index contributed by atoms with van der Waals surface area (Å²) in [5, 5.41) is 6.29. The summed E-state index contributed by atoms with van der Waals surface area (Å²) < 4.78 is 13.1. The third kappa shape index (κ3) is 2.59. The van der Waals surface area contributed by atoms with Gasteiger partial charge in [-0.05, 0) is 30.7 Å². The molecule has 20 heavy (non-hydrogen) atoms. The molecule has 102 valence electrons. The number of hydrogen-bond acceptors (Lipinski definition) is 4. The molecule has 3 rings (SSSR count). The van der Waals surface area contributed by atoms with E-state index < -0.39 is 0 Å². The van der Waals surface area contributed by atoms with Gasteiger partial charge in [0.1, 0.15) is 5.82 Å². The minimum absolute atomic E-state index is 0.233. The van der Waals surface area contributed by atoms with E-state index >= 15 is 0 Å². The van der Waals surface area contributed by atoms with Gasteiger partial charge < -0.3 is 5.32 Å². The number of allylic oxidation sites excluding steroid dienone is 1. The third-order valence-corrected chi connectivity index (χ3v) is 4.01. The molecule has 1 aliphatic rings. The molecule has 1 aromatic carbocycles. The van der Waals surface area contributed by atoms with E-state index in [0.29, 0.717) is 10.9 Å². The number of nitrogens with one attached hydrogen (secondary N) is 1. The highest BCUT2D eigenvalue weighted by Gasteiger charge is 2.19. The van der Waals surface area contributed by atoms with Crippen LogP contribution in [0.3, 0.4) is 0 Å². The number of thiazole rings is 1. The van der Waals surface area contributed by atoms with E-state index in [2.05, 4.69) is 15.3 Å². The quantitative estimate of drug-likeness (QED) is 0.912. The second-order valence-corrected chi connectivity index (χ2v) is 5.70. The minimum atomic E-state index is -0.350. The molecule has 0 amide bonds. The van der Waals surface area contributed by atoms with Crippen LogP contribution in [0.15, 0.2) is 46.5 Å². The van der Waals surface area contributed by atoms with E-state index in [1.807, 2.05) is 18.4 Å². The Morgan fingerprint density at radius 3 is 2.95 bits per heavy atom. The van der Waals surface area contributed by atoms with E-state index in [-0.39, 0.29) is 11.9 Å². The maximum Gasteiger partial charge on any atom is 0.162 e. The minimum Gasteiger partial charge on any atom is -0.342 e. The van der Waals surface area contributed by atoms with Crippen molar-refractivity contribution < 1.29 is 4.39 Å². The van der Waals surface area contributed by atoms with Crippen molar-refractivity contribution in [2.45, 2.75) is 13.0 Å². The second kappa shape index (κ2) is 5.34. The molecule has 1 N–H and O–H groups in total. The lowest BCUT2D eigenvalue weighted by Gasteiger charge is -2.20. The van der Waals surface area contributed by atoms with Crippen molar-refractivity contribution in [3.05, 3.63) is 63.0 Å². The van der Waals surface area contributed by atoms with E-state index in [1.165, 1.54) is 23.5 Å². The van der Waals surface area contributed by atoms with Crippen molar-refractivity contribution in [2.75, 3.05) is 0 Å². The number of hydrogen-bond donors (Lipinski definition) is 1. The van der Waals surface area contributed by atoms with Crippen LogP contribution in [0.25, 0.3) is 0 Å². The fraction of sp³-hybridized carbons (Fsp3) is 0.143. The van der Waals surface area contributed by atoms with Crippen molar-refractivity contribution >= 4 is 28.8 Å². The highest BCUT2D eigenvalue weighted by atomic mass is 35.5. The van der Waals surface area contributed by atoms with Crippen molar-refractivity contribution in [3.8, 4) is 0 Å². The number of aliphatic imine (C=N–C) groups is 1. The predicted molar refractivity (Wildman–Crippen MR) is 79.7 cm³/mol. The zero-order chi connectivity index (χ0) is 14.1. The van der Waals surface area contributed by atoms with Gasteiger partial charge in [0.25, 0.3) is 0 Å². The molecule has 0 saturated carbocycles. The Morgan fingerprint density at radius 1 is 1.40 bits per heavy atom. The summed E-state index contributed by atoms with van der Waals surface area (Å²) in [6.07, 6.45) is 3.69. The molecule has 3 nitrogen and oxygen atoms in total. The van der Waals surface area contributed by atoms with Gasteiger partial charge in [0, 0.05) is 22.3 Å². The number of rotatable bonds is 2. The van der Waals surface area contributed by atoms with Crippen LogP contribution in [-0.4, -0.2) is 10.8 Å². The summed E-state index contributed by atoms with van der Waals surface area (Å²) >= 11 is 7.62. The summed E-state index contributed by atoms with van der Waals surface area (Å²) in [5.74, 6) is 0.364. The predicted octanol–water partition coefficient (Wildman–Crippen LogP) is 3.93. The summed E-state index contributed by atoms with van der Waals surface area (Å²) in [7, 11) is 0. The Hall–Kier alpha value is -1.72. The van der Waals surface area contributed by atoms with Crippen molar-refractivity contribution in [1.29, 1.82) is 0 Å². The molecule has 0 aliphatic carbocycles. The molecular weight excluding hydrogens is 297 g/mol. The number of aromatic nitrogens is 1. The SMILES string of the molecule is CC1=CC(c2ccc(F)cc2Cl)N=C(c2nccs2)N1. The van der Waals surface area contributed by atoms with E-state index in [0.717, 1.165) is 16.3 Å². The monoisotopic (exact) mass is 307 g/mol. The largest absolute Gasteiger partial charge is 0.342 e. The number of halogens is 2. The van der Waals surface area contributed by atoms with Crippen LogP contribution in [0.5, 0.6) is 0 Å². The van der Waals surface area contributed by atoms with Crippen LogP contribution >= 0.6 is 22.9 Å². The highest BCUT2D eigenvalue weighted by molar-refractivity contribution is 7.11. The zero-order valence-corrected chi connectivity index (χ0v) is 12.2. The Morgan fingerprint density at radius 2 is 2.25 bits per heavy atom. The molecule has 0 saturated heterocycles. The molecular formula is C14H11ClFN3S. The second-order valence-electron chi connectivity index (χ2n) is 4.40. The van der Waals surface area contributed by atoms with Crippen molar-refractivity contribution in [2.24, 2.45) is 4.99 Å². The lowest BCUT2D eigenvalue weighted by Crippen LogP contribution is -2.27. The summed E-state index contributed by atoms with van der Waals surface area (Å²) in [5.41, 5.74) is 1.75. The van der Waals surface area contributed by atoms with Crippen LogP contribution in [0.1, 0.15) is 23.5 Å². The van der Waals surface area contributed by atoms with Crippen molar-refractivity contribution in [3.63, 3.8) is 0 Å². The molecule has 1 atom stereocenters. The maximum atomic E-state index is 13.1. The molecule has 0 spiro atoms. The van der Waals surface area contributed by atoms with Gasteiger partial charge in [-0.3, -0.25) is 4.99 Å². The normalized spacial score (nSPS) is 18.2. The van der Waals surface area contributed by atoms with Crippen LogP contribution in [0.2, 0.25) is 5.02 Å². The first-order valence-corrected chi connectivity index (χ1v) is 7.27. The number of amidine groups is 1. The smallest absolute Gasteiger partial charge is 0.162 e. The van der Waals surface area contributed by atoms with Gasteiger partial charge in [0.2, 0.25) is 0 Å². The number of nitrogens with zero attached hydrogens (tertiary/aromatic N) is 2. The van der Waals surface area contributed by atoms with Crippen LogP contribution < -0.4 is 5.32 Å². The summed E-state index contributed by atoms with van der Waals surface area (Å²) in [6, 6.07) is 4.13. The van der Waals surface area contributed by atoms with E-state index in [9.17, 15) is 4.39 Å². The van der Waals surface area contributed by atoms with E-state index in [4.69, 9.17) is 11.6 Å². The molecule has 0 bridgehead atoms. The Labute approximate surface area is 124 Å². The van der Waals surface area contributed by atoms with Gasteiger partial charge in [0.05, 0.1) is 6.04 Å². The topological polar surface area (TPSA) is 37.3 Å². The third-order valence-electron chi connectivity index (χ3n) is 2.91. The van der Waals surface area contributed by atoms with Gasteiger partial charge in [-0.2, -0.15) is 0 Å². The lowest BCUT2D eigenvalue weighted by atomic mass is 10.0. The molecule has 2 aromatic rings. The van der Waals surface area contributed by atoms with Crippen LogP contribution in [-0.2, 0) is 0 Å². The average Bonchev–Trinajstić information content (AvgIpc) is 2.91. The molecule has 1 aliphatic heterocycles. The summed E-state index contributed by atoms with van der Waals surface area (Å²) in [6.45, 7) is 1.95. The molecule has 0 radical (unpaired) electrons. The standard InChI is InChI=1S/C14H11ClFN3S/c1-8-6-12(10-3-2-9(16)7-11(10)15)19-13(18-8)14-17-4-5-20-14/h2-7,12H,1H3,(H,18,19). The molecule has 1 unspecified atom stereocenters. The summed E-state index contributed by atoms with van der Waals surface area (Å²) in [4.78, 5) is 8.85. The zero-order valence-electron chi connectivity index (χ0n) is 10.6. The first-order valence-electron chi connectivity index (χ1n) is 6.01. The van der Waals surface area contributed by atoms with Gasteiger partial charge >= 0.3 is 0 Å². The van der Waals surface area contributed by atoms with Gasteiger partial charge in [-0.25, -0.2) is 9.37 Å². The Bertz CT molecular complexity index is 694. The fourth-order valence-corrected chi connectivity index (χ4v) is 2.89. The Balaban J connectivity index is 2.01. The highest BCUT2D eigenvalue weighted by Crippen LogP contribution is 2.30.